The maximum atomic E-state index is 12.4. The number of carbonyl (C=O) groups excluding carboxylic acids is 1. The average molecular weight is 331 g/mol. The summed E-state index contributed by atoms with van der Waals surface area (Å²) < 4.78 is 16.5. The lowest BCUT2D eigenvalue weighted by molar-refractivity contribution is -0.223. The molecule has 1 aliphatic rings. The van der Waals surface area contributed by atoms with Gasteiger partial charge in [0.2, 0.25) is 5.41 Å². The van der Waals surface area contributed by atoms with Crippen LogP contribution >= 0.6 is 0 Å². The Morgan fingerprint density at radius 2 is 1.92 bits per heavy atom. The highest BCUT2D eigenvalue weighted by atomic mass is 16.7. The fourth-order valence-electron chi connectivity index (χ4n) is 2.54. The molecule has 0 bridgehead atoms. The minimum absolute atomic E-state index is 0.00460. The smallest absolute Gasteiger partial charge is 0.336 e. The van der Waals surface area contributed by atoms with Crippen LogP contribution in [0.5, 0.6) is 5.75 Å². The van der Waals surface area contributed by atoms with Crippen LogP contribution in [-0.4, -0.2) is 25.5 Å². The third-order valence-electron chi connectivity index (χ3n) is 4.10. The van der Waals surface area contributed by atoms with Gasteiger partial charge < -0.3 is 14.2 Å². The summed E-state index contributed by atoms with van der Waals surface area (Å²) in [7, 11) is 0. The number of aryl methyl sites for hydroxylation is 1. The van der Waals surface area contributed by atoms with Gasteiger partial charge >= 0.3 is 5.97 Å². The molecule has 1 aromatic carbocycles. The number of hydrogen-bond donors (Lipinski definition) is 0. The van der Waals surface area contributed by atoms with Crippen LogP contribution in [0, 0.1) is 16.7 Å². The summed E-state index contributed by atoms with van der Waals surface area (Å²) in [6.45, 7) is 4.21. The minimum Gasteiger partial charge on any atom is -0.425 e. The van der Waals surface area contributed by atoms with Crippen LogP contribution in [0.2, 0.25) is 0 Å². The summed E-state index contributed by atoms with van der Waals surface area (Å²) in [5.74, 6) is -0.190. The summed E-state index contributed by atoms with van der Waals surface area (Å²) in [5, 5.41) is 9.46. The number of hydrogen-bond acceptors (Lipinski definition) is 5. The Labute approximate surface area is 143 Å². The standard InChI is InChI=1S/C19H25NO4/c1-3-5-7-17-22-13-19(12-20,14-23-17)18(21)24-16-10-8-15(6-4-2)9-11-16/h8-11,17H,3-7,13-14H2,1-2H3. The number of rotatable bonds is 7. The molecule has 0 radical (unpaired) electrons. The van der Waals surface area contributed by atoms with E-state index in [0.717, 1.165) is 32.1 Å². The number of esters is 1. The largest absolute Gasteiger partial charge is 0.425 e. The van der Waals surface area contributed by atoms with Gasteiger partial charge in [-0.2, -0.15) is 5.26 Å². The lowest BCUT2D eigenvalue weighted by Gasteiger charge is -2.33. The zero-order chi connectivity index (χ0) is 17.4. The van der Waals surface area contributed by atoms with Crippen molar-refractivity contribution >= 4 is 5.97 Å². The summed E-state index contributed by atoms with van der Waals surface area (Å²) >= 11 is 0. The Kier molecular flexibility index (Phi) is 6.77. The molecule has 1 heterocycles. The summed E-state index contributed by atoms with van der Waals surface area (Å²) in [5.41, 5.74) is -0.208. The second-order valence-corrected chi connectivity index (χ2v) is 6.17. The molecule has 1 aliphatic heterocycles. The second kappa shape index (κ2) is 8.81. The van der Waals surface area contributed by atoms with Gasteiger partial charge in [0.25, 0.3) is 0 Å². The SMILES string of the molecule is CCCCC1OCC(C#N)(C(=O)Oc2ccc(CCC)cc2)CO1. The normalized spacial score (nSPS) is 23.5. The Morgan fingerprint density at radius 1 is 1.25 bits per heavy atom. The maximum absolute atomic E-state index is 12.4. The van der Waals surface area contributed by atoms with Gasteiger partial charge in [-0.1, -0.05) is 38.8 Å². The summed E-state index contributed by atoms with van der Waals surface area (Å²) in [6.07, 6.45) is 4.50. The first-order valence-corrected chi connectivity index (χ1v) is 8.59. The molecular weight excluding hydrogens is 306 g/mol. The monoisotopic (exact) mass is 331 g/mol. The van der Waals surface area contributed by atoms with Crippen molar-refractivity contribution in [2.45, 2.75) is 52.2 Å². The van der Waals surface area contributed by atoms with Gasteiger partial charge in [0.1, 0.15) is 5.75 Å². The molecule has 1 saturated heterocycles. The molecule has 2 rings (SSSR count). The van der Waals surface area contributed by atoms with Gasteiger partial charge in [0.15, 0.2) is 6.29 Å². The highest BCUT2D eigenvalue weighted by molar-refractivity contribution is 5.82. The van der Waals surface area contributed by atoms with E-state index < -0.39 is 11.4 Å². The second-order valence-electron chi connectivity index (χ2n) is 6.17. The van der Waals surface area contributed by atoms with Gasteiger partial charge in [-0.3, -0.25) is 0 Å². The number of benzene rings is 1. The molecule has 0 atom stereocenters. The van der Waals surface area contributed by atoms with E-state index in [-0.39, 0.29) is 19.5 Å². The van der Waals surface area contributed by atoms with Crippen LogP contribution in [0.25, 0.3) is 0 Å². The lowest BCUT2D eigenvalue weighted by Crippen LogP contribution is -2.48. The third-order valence-corrected chi connectivity index (χ3v) is 4.10. The molecule has 5 heteroatoms. The van der Waals surface area contributed by atoms with E-state index in [4.69, 9.17) is 14.2 Å². The minimum atomic E-state index is -1.40. The Morgan fingerprint density at radius 3 is 2.46 bits per heavy atom. The van der Waals surface area contributed by atoms with Crippen LogP contribution < -0.4 is 4.74 Å². The number of unbranched alkanes of at least 4 members (excludes halogenated alkanes) is 1. The van der Waals surface area contributed by atoms with Crippen LogP contribution in [0.15, 0.2) is 24.3 Å². The van der Waals surface area contributed by atoms with Crippen LogP contribution in [0.4, 0.5) is 0 Å². The predicted octanol–water partition coefficient (Wildman–Crippen LogP) is 3.62. The first-order valence-electron chi connectivity index (χ1n) is 8.59. The van der Waals surface area contributed by atoms with Crippen molar-refractivity contribution in [2.24, 2.45) is 5.41 Å². The molecule has 0 unspecified atom stereocenters. The summed E-state index contributed by atoms with van der Waals surface area (Å²) in [6, 6.07) is 9.39. The molecule has 0 spiro atoms. The van der Waals surface area contributed by atoms with Crippen molar-refractivity contribution in [3.63, 3.8) is 0 Å². The highest BCUT2D eigenvalue weighted by Gasteiger charge is 2.46. The maximum Gasteiger partial charge on any atom is 0.336 e. The predicted molar refractivity (Wildman–Crippen MR) is 89.3 cm³/mol. The lowest BCUT2D eigenvalue weighted by atomic mass is 9.91. The zero-order valence-corrected chi connectivity index (χ0v) is 14.4. The topological polar surface area (TPSA) is 68.5 Å². The molecule has 24 heavy (non-hydrogen) atoms. The van der Waals surface area contributed by atoms with Gasteiger partial charge in [-0.05, 0) is 37.0 Å². The van der Waals surface area contributed by atoms with E-state index in [1.54, 1.807) is 12.1 Å². The van der Waals surface area contributed by atoms with E-state index in [9.17, 15) is 10.1 Å². The Hall–Kier alpha value is -1.90. The average Bonchev–Trinajstić information content (AvgIpc) is 2.62. The first kappa shape index (κ1) is 18.4. The molecule has 0 aliphatic carbocycles. The molecule has 1 aromatic rings. The number of nitriles is 1. The van der Waals surface area contributed by atoms with Gasteiger partial charge in [0.05, 0.1) is 19.3 Å². The van der Waals surface area contributed by atoms with Crippen LogP contribution in [-0.2, 0) is 20.7 Å². The van der Waals surface area contributed by atoms with Crippen molar-refractivity contribution in [3.05, 3.63) is 29.8 Å². The summed E-state index contributed by atoms with van der Waals surface area (Å²) in [4.78, 5) is 12.4. The zero-order valence-electron chi connectivity index (χ0n) is 14.4. The fourth-order valence-corrected chi connectivity index (χ4v) is 2.54. The van der Waals surface area contributed by atoms with E-state index in [1.807, 2.05) is 18.2 Å². The molecular formula is C19H25NO4. The Balaban J connectivity index is 1.95. The molecule has 0 N–H and O–H groups in total. The molecule has 0 saturated carbocycles. The van der Waals surface area contributed by atoms with Crippen LogP contribution in [0.3, 0.4) is 0 Å². The number of carbonyl (C=O) groups is 1. The first-order chi connectivity index (χ1) is 11.6. The van der Waals surface area contributed by atoms with Crippen molar-refractivity contribution in [1.29, 1.82) is 5.26 Å². The van der Waals surface area contributed by atoms with E-state index in [1.165, 1.54) is 5.56 Å². The number of nitrogens with zero attached hydrogens (tertiary/aromatic N) is 1. The van der Waals surface area contributed by atoms with Gasteiger partial charge in [-0.25, -0.2) is 4.79 Å². The molecule has 0 aromatic heterocycles. The molecule has 1 fully saturated rings. The molecule has 0 amide bonds. The third kappa shape index (κ3) is 4.56. The van der Waals surface area contributed by atoms with Crippen molar-refractivity contribution in [2.75, 3.05) is 13.2 Å². The quantitative estimate of drug-likeness (QED) is 0.564. The number of ether oxygens (including phenoxy) is 3. The van der Waals surface area contributed by atoms with Crippen molar-refractivity contribution in [3.8, 4) is 11.8 Å². The van der Waals surface area contributed by atoms with Crippen molar-refractivity contribution < 1.29 is 19.0 Å². The van der Waals surface area contributed by atoms with E-state index in [0.29, 0.717) is 5.75 Å². The van der Waals surface area contributed by atoms with E-state index in [2.05, 4.69) is 13.8 Å². The van der Waals surface area contributed by atoms with Crippen LogP contribution in [0.1, 0.15) is 45.1 Å². The van der Waals surface area contributed by atoms with Gasteiger partial charge in [-0.15, -0.1) is 0 Å². The van der Waals surface area contributed by atoms with Crippen molar-refractivity contribution in [1.82, 2.24) is 0 Å². The molecule has 130 valence electrons. The Bertz CT molecular complexity index is 568. The highest BCUT2D eigenvalue weighted by Crippen LogP contribution is 2.28. The fraction of sp³-hybridized carbons (Fsp3) is 0.579. The van der Waals surface area contributed by atoms with Gasteiger partial charge in [0, 0.05) is 0 Å². The van der Waals surface area contributed by atoms with E-state index >= 15 is 0 Å². The molecule has 5 nitrogen and oxygen atoms in total.